The summed E-state index contributed by atoms with van der Waals surface area (Å²) in [4.78, 5) is 52.2. The highest BCUT2D eigenvalue weighted by atomic mass is 19.4. The Morgan fingerprint density at radius 1 is 0.536 bits per heavy atom. The standard InChI is InChI=1S/C52H49F6NO10/c53-50(54,55)29-1-3-31-66-43-20-24-45(25-21-43)68-48(62)38-13-5-35(6-14-38)11-19-42(60)34-40(33-37-9-17-41(59)18-10-37)52(64,65)47(61)28-12-36-7-15-39(16-8-36)49(63)69-46-26-22-44(23-27-46)67-32-4-2-30-51(56,57)58/h5-28,40,64-65H,1-4,29-34,59H2/b19-11+,28-12+. The molecule has 4 N–H and O–H groups in total. The number of esters is 2. The van der Waals surface area contributed by atoms with Gasteiger partial charge in [-0.3, -0.25) is 9.59 Å². The van der Waals surface area contributed by atoms with Crippen LogP contribution in [0.5, 0.6) is 23.0 Å². The first kappa shape index (κ1) is 52.7. The Morgan fingerprint density at radius 3 is 1.36 bits per heavy atom. The van der Waals surface area contributed by atoms with Gasteiger partial charge < -0.3 is 34.9 Å². The van der Waals surface area contributed by atoms with Gasteiger partial charge in [-0.15, -0.1) is 0 Å². The number of ketones is 2. The van der Waals surface area contributed by atoms with E-state index in [1.807, 2.05) is 0 Å². The smallest absolute Gasteiger partial charge is 0.389 e. The molecule has 1 unspecified atom stereocenters. The third kappa shape index (κ3) is 18.4. The number of carbonyl (C=O) groups excluding carboxylic acids is 4. The number of hydrogen-bond donors (Lipinski definition) is 3. The number of aliphatic hydroxyl groups is 2. The van der Waals surface area contributed by atoms with Crippen LogP contribution in [0.3, 0.4) is 0 Å². The number of benzene rings is 5. The van der Waals surface area contributed by atoms with Crippen LogP contribution in [0.15, 0.2) is 133 Å². The first-order chi connectivity index (χ1) is 32.7. The number of nitrogen functional groups attached to an aromatic ring is 1. The van der Waals surface area contributed by atoms with E-state index in [1.54, 1.807) is 36.4 Å². The highest BCUT2D eigenvalue weighted by Crippen LogP contribution is 2.28. The number of halogens is 6. The largest absolute Gasteiger partial charge is 0.494 e. The molecule has 0 fully saturated rings. The summed E-state index contributed by atoms with van der Waals surface area (Å²) < 4.78 is 95.6. The lowest BCUT2D eigenvalue weighted by Gasteiger charge is -2.28. The summed E-state index contributed by atoms with van der Waals surface area (Å²) in [5.41, 5.74) is 8.13. The zero-order valence-electron chi connectivity index (χ0n) is 37.0. The average Bonchev–Trinajstić information content (AvgIpc) is 3.31. The van der Waals surface area contributed by atoms with Crippen molar-refractivity contribution in [1.29, 1.82) is 0 Å². The maximum atomic E-state index is 13.4. The second-order valence-electron chi connectivity index (χ2n) is 15.9. The molecule has 5 rings (SSSR count). The minimum Gasteiger partial charge on any atom is -0.494 e. The molecule has 0 radical (unpaired) electrons. The minimum absolute atomic E-state index is 0.0526. The van der Waals surface area contributed by atoms with Gasteiger partial charge in [-0.25, -0.2) is 9.59 Å². The fraction of sp³-hybridized carbons (Fsp3) is 0.269. The maximum absolute atomic E-state index is 13.4. The molecule has 0 bridgehead atoms. The van der Waals surface area contributed by atoms with Gasteiger partial charge in [-0.2, -0.15) is 26.3 Å². The van der Waals surface area contributed by atoms with E-state index in [4.69, 9.17) is 24.7 Å². The van der Waals surface area contributed by atoms with E-state index >= 15 is 0 Å². The minimum atomic E-state index is -4.22. The summed E-state index contributed by atoms with van der Waals surface area (Å²) in [6.45, 7) is 0.192. The lowest BCUT2D eigenvalue weighted by molar-refractivity contribution is -0.199. The number of anilines is 1. The number of rotatable bonds is 24. The first-order valence-corrected chi connectivity index (χ1v) is 21.7. The lowest BCUT2D eigenvalue weighted by atomic mass is 9.84. The van der Waals surface area contributed by atoms with Gasteiger partial charge in [0, 0.05) is 30.9 Å². The molecule has 0 spiro atoms. The molecule has 0 aromatic heterocycles. The molecule has 0 saturated carbocycles. The molecule has 69 heavy (non-hydrogen) atoms. The van der Waals surface area contributed by atoms with Gasteiger partial charge in [0.2, 0.25) is 11.6 Å². The molecule has 0 heterocycles. The third-order valence-corrected chi connectivity index (χ3v) is 10.3. The van der Waals surface area contributed by atoms with E-state index in [9.17, 15) is 55.7 Å². The van der Waals surface area contributed by atoms with Gasteiger partial charge in [0.1, 0.15) is 23.0 Å². The number of alkyl halides is 6. The van der Waals surface area contributed by atoms with Crippen molar-refractivity contribution < 1.29 is 74.7 Å². The van der Waals surface area contributed by atoms with Crippen LogP contribution in [0, 0.1) is 5.92 Å². The average molecular weight is 962 g/mol. The lowest BCUT2D eigenvalue weighted by Crippen LogP contribution is -2.46. The highest BCUT2D eigenvalue weighted by molar-refractivity contribution is 6.00. The van der Waals surface area contributed by atoms with Crippen molar-refractivity contribution in [2.24, 2.45) is 5.92 Å². The van der Waals surface area contributed by atoms with Gasteiger partial charge in [-0.05, 0) is 146 Å². The Hall–Kier alpha value is -7.24. The topological polar surface area (TPSA) is 172 Å². The molecule has 0 aliphatic carbocycles. The monoisotopic (exact) mass is 961 g/mol. The van der Waals surface area contributed by atoms with Crippen LogP contribution in [0.2, 0.25) is 0 Å². The van der Waals surface area contributed by atoms with Crippen LogP contribution in [0.4, 0.5) is 32.0 Å². The fourth-order valence-electron chi connectivity index (χ4n) is 6.53. The molecule has 0 aliphatic heterocycles. The Labute approximate surface area is 393 Å². The van der Waals surface area contributed by atoms with E-state index in [0.717, 1.165) is 6.08 Å². The van der Waals surface area contributed by atoms with Gasteiger partial charge in [0.15, 0.2) is 5.78 Å². The summed E-state index contributed by atoms with van der Waals surface area (Å²) in [6.07, 6.45) is -5.49. The molecule has 1 atom stereocenters. The van der Waals surface area contributed by atoms with E-state index in [1.165, 1.54) is 103 Å². The molecule has 5 aromatic carbocycles. The van der Waals surface area contributed by atoms with Crippen LogP contribution < -0.4 is 24.7 Å². The van der Waals surface area contributed by atoms with E-state index in [-0.39, 0.29) is 67.9 Å². The summed E-state index contributed by atoms with van der Waals surface area (Å²) in [5, 5.41) is 22.6. The number of carbonyl (C=O) groups is 4. The van der Waals surface area contributed by atoms with Crippen LogP contribution in [-0.2, 0) is 16.0 Å². The van der Waals surface area contributed by atoms with Crippen LogP contribution in [-0.4, -0.2) is 65.1 Å². The third-order valence-electron chi connectivity index (χ3n) is 10.3. The Bertz CT molecular complexity index is 2520. The van der Waals surface area contributed by atoms with E-state index in [2.05, 4.69) is 0 Å². The number of allylic oxidation sites excluding steroid dienone is 1. The number of unbranched alkanes of at least 4 members (excludes halogenated alkanes) is 2. The highest BCUT2D eigenvalue weighted by Gasteiger charge is 2.41. The Balaban J connectivity index is 1.14. The number of hydrogen-bond acceptors (Lipinski definition) is 11. The van der Waals surface area contributed by atoms with Crippen molar-refractivity contribution >= 4 is 41.3 Å². The zero-order chi connectivity index (χ0) is 50.0. The quantitative estimate of drug-likeness (QED) is 0.0102. The van der Waals surface area contributed by atoms with Crippen molar-refractivity contribution in [3.63, 3.8) is 0 Å². The van der Waals surface area contributed by atoms with Crippen LogP contribution >= 0.6 is 0 Å². The van der Waals surface area contributed by atoms with Crippen molar-refractivity contribution in [2.75, 3.05) is 18.9 Å². The Kier molecular flexibility index (Phi) is 18.9. The molecule has 0 amide bonds. The van der Waals surface area contributed by atoms with Crippen molar-refractivity contribution in [2.45, 2.75) is 69.5 Å². The van der Waals surface area contributed by atoms with Crippen LogP contribution in [0.25, 0.3) is 12.2 Å². The molecule has 0 aliphatic rings. The fourth-order valence-corrected chi connectivity index (χ4v) is 6.53. The molecule has 11 nitrogen and oxygen atoms in total. The van der Waals surface area contributed by atoms with Crippen molar-refractivity contribution in [3.8, 4) is 23.0 Å². The first-order valence-electron chi connectivity index (χ1n) is 21.7. The maximum Gasteiger partial charge on any atom is 0.389 e. The predicted octanol–water partition coefficient (Wildman–Crippen LogP) is 10.7. The predicted molar refractivity (Wildman–Crippen MR) is 244 cm³/mol. The summed E-state index contributed by atoms with van der Waals surface area (Å²) in [7, 11) is 0. The van der Waals surface area contributed by atoms with Gasteiger partial charge in [-0.1, -0.05) is 48.6 Å². The number of ether oxygens (including phenoxy) is 4. The molecule has 0 saturated heterocycles. The summed E-state index contributed by atoms with van der Waals surface area (Å²) in [5.74, 6) is -6.17. The molecular weight excluding hydrogens is 913 g/mol. The van der Waals surface area contributed by atoms with Gasteiger partial charge in [0.05, 0.1) is 24.3 Å². The van der Waals surface area contributed by atoms with Crippen molar-refractivity contribution in [3.05, 3.63) is 161 Å². The summed E-state index contributed by atoms with van der Waals surface area (Å²) >= 11 is 0. The molecule has 364 valence electrons. The molecule has 17 heteroatoms. The SMILES string of the molecule is Nc1ccc(CC(CC(=O)/C=C/c2ccc(C(=O)Oc3ccc(OCCCCC(F)(F)F)cc3)cc2)C(O)(O)C(=O)/C=C/c2ccc(C(=O)Oc3ccc(OCCCCC(F)(F)F)cc3)cc2)cc1. The van der Waals surface area contributed by atoms with E-state index < -0.39 is 66.8 Å². The van der Waals surface area contributed by atoms with E-state index in [0.29, 0.717) is 33.9 Å². The van der Waals surface area contributed by atoms with Crippen LogP contribution in [0.1, 0.15) is 82.4 Å². The summed E-state index contributed by atoms with van der Waals surface area (Å²) in [6, 6.07) is 30.4. The zero-order valence-corrected chi connectivity index (χ0v) is 37.0. The Morgan fingerprint density at radius 2 is 0.942 bits per heavy atom. The normalized spacial score (nSPS) is 12.5. The van der Waals surface area contributed by atoms with Gasteiger partial charge >= 0.3 is 24.3 Å². The van der Waals surface area contributed by atoms with Gasteiger partial charge in [0.25, 0.3) is 0 Å². The van der Waals surface area contributed by atoms with Crippen molar-refractivity contribution in [1.82, 2.24) is 0 Å². The molecule has 5 aromatic rings. The second-order valence-corrected chi connectivity index (χ2v) is 15.9. The second kappa shape index (κ2) is 24.7. The molecular formula is C52H49F6NO10. The number of nitrogens with two attached hydrogens (primary N) is 1.